The number of carbonyl (C=O) groups is 1. The molecule has 2 N–H and O–H groups in total. The minimum atomic E-state index is -0.0111. The van der Waals surface area contributed by atoms with Crippen molar-refractivity contribution in [2.75, 3.05) is 26.2 Å². The highest BCUT2D eigenvalue weighted by Gasteiger charge is 2.12. The molecule has 0 unspecified atom stereocenters. The number of para-hydroxylation sites is 2. The fraction of sp³-hybridized carbons (Fsp3) is 0.333. The van der Waals surface area contributed by atoms with Gasteiger partial charge in [0, 0.05) is 24.4 Å². The SMILES string of the molecule is CCN(CC)CCNC(=O)c1ccccc1CSc1nc2ccccc2[nH]1. The van der Waals surface area contributed by atoms with Crippen LogP contribution in [0.2, 0.25) is 0 Å². The monoisotopic (exact) mass is 382 g/mol. The van der Waals surface area contributed by atoms with E-state index in [1.54, 1.807) is 11.8 Å². The van der Waals surface area contributed by atoms with Crippen molar-refractivity contribution in [1.29, 1.82) is 0 Å². The molecule has 0 saturated heterocycles. The Bertz CT molecular complexity index is 856. The van der Waals surface area contributed by atoms with Crippen LogP contribution in [0.15, 0.2) is 53.7 Å². The summed E-state index contributed by atoms with van der Waals surface area (Å²) in [5.74, 6) is 0.683. The van der Waals surface area contributed by atoms with Gasteiger partial charge in [-0.25, -0.2) is 4.98 Å². The molecule has 0 atom stereocenters. The van der Waals surface area contributed by atoms with Crippen LogP contribution in [-0.4, -0.2) is 47.0 Å². The number of nitrogens with one attached hydrogen (secondary N) is 2. The zero-order chi connectivity index (χ0) is 19.1. The maximum atomic E-state index is 12.6. The average Bonchev–Trinajstić information content (AvgIpc) is 3.13. The molecule has 5 nitrogen and oxygen atoms in total. The zero-order valence-electron chi connectivity index (χ0n) is 15.9. The Balaban J connectivity index is 1.62. The van der Waals surface area contributed by atoms with E-state index in [9.17, 15) is 4.79 Å². The Labute approximate surface area is 164 Å². The molecule has 0 spiro atoms. The molecule has 1 aromatic heterocycles. The molecular formula is C21H26N4OS. The molecule has 1 amide bonds. The lowest BCUT2D eigenvalue weighted by atomic mass is 10.1. The maximum Gasteiger partial charge on any atom is 0.251 e. The molecule has 1 heterocycles. The number of hydrogen-bond acceptors (Lipinski definition) is 4. The van der Waals surface area contributed by atoms with Crippen LogP contribution in [0.3, 0.4) is 0 Å². The van der Waals surface area contributed by atoms with Crippen LogP contribution < -0.4 is 5.32 Å². The summed E-state index contributed by atoms with van der Waals surface area (Å²) in [5.41, 5.74) is 3.74. The molecule has 27 heavy (non-hydrogen) atoms. The third-order valence-electron chi connectivity index (χ3n) is 4.60. The van der Waals surface area contributed by atoms with Gasteiger partial charge in [-0.05, 0) is 36.9 Å². The van der Waals surface area contributed by atoms with Crippen LogP contribution in [0, 0.1) is 0 Å². The first-order valence-electron chi connectivity index (χ1n) is 9.37. The molecule has 6 heteroatoms. The van der Waals surface area contributed by atoms with Crippen LogP contribution in [0.25, 0.3) is 11.0 Å². The number of aromatic amines is 1. The Hall–Kier alpha value is -2.31. The molecule has 3 rings (SSSR count). The van der Waals surface area contributed by atoms with E-state index in [-0.39, 0.29) is 5.91 Å². The second-order valence-corrected chi connectivity index (χ2v) is 7.25. The number of carbonyl (C=O) groups excluding carboxylic acids is 1. The Morgan fingerprint density at radius 1 is 1.11 bits per heavy atom. The molecule has 0 radical (unpaired) electrons. The molecule has 3 aromatic rings. The number of likely N-dealkylation sites (N-methyl/N-ethyl adjacent to an activating group) is 1. The minimum absolute atomic E-state index is 0.0111. The van der Waals surface area contributed by atoms with Crippen LogP contribution >= 0.6 is 11.8 Å². The standard InChI is InChI=1S/C21H26N4OS/c1-3-25(4-2)14-13-22-20(26)17-10-6-5-9-16(17)15-27-21-23-18-11-7-8-12-19(18)24-21/h5-12H,3-4,13-15H2,1-2H3,(H,22,26)(H,23,24). The summed E-state index contributed by atoms with van der Waals surface area (Å²) in [6, 6.07) is 15.8. The first kappa shape index (κ1) is 19.5. The molecule has 0 bridgehead atoms. The first-order valence-corrected chi connectivity index (χ1v) is 10.4. The van der Waals surface area contributed by atoms with Gasteiger partial charge in [0.1, 0.15) is 0 Å². The number of amides is 1. The number of thioether (sulfide) groups is 1. The third kappa shape index (κ3) is 5.11. The summed E-state index contributed by atoms with van der Waals surface area (Å²) in [6.45, 7) is 7.79. The predicted octanol–water partition coefficient (Wildman–Crippen LogP) is 3.93. The van der Waals surface area contributed by atoms with Crippen LogP contribution in [0.4, 0.5) is 0 Å². The van der Waals surface area contributed by atoms with Gasteiger partial charge in [0.25, 0.3) is 5.91 Å². The van der Waals surface area contributed by atoms with Gasteiger partial charge in [0.05, 0.1) is 11.0 Å². The van der Waals surface area contributed by atoms with E-state index in [1.165, 1.54) is 0 Å². The highest BCUT2D eigenvalue weighted by Crippen LogP contribution is 2.24. The van der Waals surface area contributed by atoms with E-state index in [2.05, 4.69) is 34.0 Å². The van der Waals surface area contributed by atoms with Gasteiger partial charge in [-0.2, -0.15) is 0 Å². The summed E-state index contributed by atoms with van der Waals surface area (Å²) < 4.78 is 0. The lowest BCUT2D eigenvalue weighted by Crippen LogP contribution is -2.35. The second kappa shape index (κ2) is 9.58. The largest absolute Gasteiger partial charge is 0.351 e. The van der Waals surface area contributed by atoms with Gasteiger partial charge in [-0.3, -0.25) is 4.79 Å². The minimum Gasteiger partial charge on any atom is -0.351 e. The summed E-state index contributed by atoms with van der Waals surface area (Å²) in [4.78, 5) is 22.8. The van der Waals surface area contributed by atoms with Crippen molar-refractivity contribution >= 4 is 28.7 Å². The fourth-order valence-corrected chi connectivity index (χ4v) is 3.86. The summed E-state index contributed by atoms with van der Waals surface area (Å²) >= 11 is 1.61. The molecular weight excluding hydrogens is 356 g/mol. The van der Waals surface area contributed by atoms with E-state index >= 15 is 0 Å². The normalized spacial score (nSPS) is 11.2. The van der Waals surface area contributed by atoms with E-state index in [0.29, 0.717) is 12.3 Å². The molecule has 0 aliphatic rings. The first-order chi connectivity index (χ1) is 13.2. The zero-order valence-corrected chi connectivity index (χ0v) is 16.7. The van der Waals surface area contributed by atoms with E-state index in [4.69, 9.17) is 0 Å². The topological polar surface area (TPSA) is 61.0 Å². The highest BCUT2D eigenvalue weighted by molar-refractivity contribution is 7.98. The average molecular weight is 383 g/mol. The number of nitrogens with zero attached hydrogens (tertiary/aromatic N) is 2. The lowest BCUT2D eigenvalue weighted by Gasteiger charge is -2.18. The van der Waals surface area contributed by atoms with Crippen LogP contribution in [0.1, 0.15) is 29.8 Å². The lowest BCUT2D eigenvalue weighted by molar-refractivity contribution is 0.0948. The Morgan fingerprint density at radius 3 is 2.63 bits per heavy atom. The molecule has 0 aliphatic heterocycles. The van der Waals surface area contributed by atoms with Gasteiger partial charge in [0.2, 0.25) is 0 Å². The smallest absolute Gasteiger partial charge is 0.251 e. The van der Waals surface area contributed by atoms with Crippen molar-refractivity contribution in [3.63, 3.8) is 0 Å². The van der Waals surface area contributed by atoms with Gasteiger partial charge in [0.15, 0.2) is 5.16 Å². The van der Waals surface area contributed by atoms with E-state index < -0.39 is 0 Å². The Kier molecular flexibility index (Phi) is 6.90. The highest BCUT2D eigenvalue weighted by atomic mass is 32.2. The number of benzene rings is 2. The second-order valence-electron chi connectivity index (χ2n) is 6.29. The number of aromatic nitrogens is 2. The molecule has 0 saturated carbocycles. The Morgan fingerprint density at radius 2 is 1.85 bits per heavy atom. The predicted molar refractivity (Wildman–Crippen MR) is 112 cm³/mol. The van der Waals surface area contributed by atoms with Gasteiger partial charge in [-0.15, -0.1) is 0 Å². The summed E-state index contributed by atoms with van der Waals surface area (Å²) in [5, 5.41) is 3.91. The van der Waals surface area contributed by atoms with Crippen molar-refractivity contribution in [3.05, 3.63) is 59.7 Å². The summed E-state index contributed by atoms with van der Waals surface area (Å²) in [7, 11) is 0. The number of rotatable bonds is 9. The van der Waals surface area contributed by atoms with Crippen molar-refractivity contribution in [2.45, 2.75) is 24.8 Å². The van der Waals surface area contributed by atoms with Crippen molar-refractivity contribution < 1.29 is 4.79 Å². The number of imidazole rings is 1. The van der Waals surface area contributed by atoms with E-state index in [1.807, 2.05) is 48.5 Å². The van der Waals surface area contributed by atoms with Crippen molar-refractivity contribution in [1.82, 2.24) is 20.2 Å². The molecule has 0 fully saturated rings. The fourth-order valence-electron chi connectivity index (χ4n) is 2.97. The van der Waals surface area contributed by atoms with Crippen LogP contribution in [-0.2, 0) is 5.75 Å². The van der Waals surface area contributed by atoms with Crippen LogP contribution in [0.5, 0.6) is 0 Å². The van der Waals surface area contributed by atoms with Gasteiger partial charge >= 0.3 is 0 Å². The number of fused-ring (bicyclic) bond motifs is 1. The summed E-state index contributed by atoms with van der Waals surface area (Å²) in [6.07, 6.45) is 0. The van der Waals surface area contributed by atoms with Gasteiger partial charge in [-0.1, -0.05) is 55.9 Å². The number of H-pyrrole nitrogens is 1. The van der Waals surface area contributed by atoms with Crippen molar-refractivity contribution in [2.24, 2.45) is 0 Å². The molecule has 0 aliphatic carbocycles. The molecule has 142 valence electrons. The van der Waals surface area contributed by atoms with Gasteiger partial charge < -0.3 is 15.2 Å². The van der Waals surface area contributed by atoms with Crippen molar-refractivity contribution in [3.8, 4) is 0 Å². The number of hydrogen-bond donors (Lipinski definition) is 2. The maximum absolute atomic E-state index is 12.6. The quantitative estimate of drug-likeness (QED) is 0.551. The third-order valence-corrected chi connectivity index (χ3v) is 5.52. The molecule has 2 aromatic carbocycles. The van der Waals surface area contributed by atoms with E-state index in [0.717, 1.165) is 47.0 Å².